The van der Waals surface area contributed by atoms with E-state index in [2.05, 4.69) is 0 Å². The molecule has 0 N–H and O–H groups in total. The van der Waals surface area contributed by atoms with Crippen LogP contribution in [0.15, 0.2) is 53.4 Å². The number of cyclic esters (lactones) is 1. The maximum Gasteiger partial charge on any atom is 0.340 e. The van der Waals surface area contributed by atoms with Crippen LogP contribution in [0.3, 0.4) is 0 Å². The van der Waals surface area contributed by atoms with Crippen molar-refractivity contribution < 1.29 is 17.9 Å². The second-order valence-electron chi connectivity index (χ2n) is 4.68. The number of ether oxygens (including phenoxy) is 1. The van der Waals surface area contributed by atoms with Crippen molar-refractivity contribution in [3.05, 3.63) is 65.2 Å². The van der Waals surface area contributed by atoms with Crippen molar-refractivity contribution in [2.45, 2.75) is 17.3 Å². The molecule has 0 bridgehead atoms. The van der Waals surface area contributed by atoms with Gasteiger partial charge in [-0.05, 0) is 25.1 Å². The molecule has 4 nitrogen and oxygen atoms in total. The normalized spacial score (nSPS) is 17.6. The second-order valence-corrected chi connectivity index (χ2v) is 6.67. The Morgan fingerprint density at radius 1 is 1.00 bits per heavy atom. The number of sulfone groups is 1. The Bertz CT molecular complexity index is 776. The zero-order valence-electron chi connectivity index (χ0n) is 10.7. The van der Waals surface area contributed by atoms with Gasteiger partial charge in [0.15, 0.2) is 0 Å². The fourth-order valence-electron chi connectivity index (χ4n) is 2.19. The predicted octanol–water partition coefficient (Wildman–Crippen LogP) is 2.64. The lowest BCUT2D eigenvalue weighted by Crippen LogP contribution is -2.13. The van der Waals surface area contributed by atoms with E-state index in [-0.39, 0.29) is 4.90 Å². The van der Waals surface area contributed by atoms with E-state index in [1.807, 2.05) is 6.92 Å². The van der Waals surface area contributed by atoms with Crippen LogP contribution in [0.5, 0.6) is 0 Å². The molecule has 2 aromatic carbocycles. The average Bonchev–Trinajstić information content (AvgIpc) is 2.78. The molecule has 0 fully saturated rings. The van der Waals surface area contributed by atoms with Crippen molar-refractivity contribution >= 4 is 15.8 Å². The first kappa shape index (κ1) is 12.9. The first-order valence-electron chi connectivity index (χ1n) is 6.10. The van der Waals surface area contributed by atoms with Gasteiger partial charge in [-0.25, -0.2) is 13.2 Å². The number of benzene rings is 2. The Morgan fingerprint density at radius 2 is 1.65 bits per heavy atom. The van der Waals surface area contributed by atoms with Crippen LogP contribution in [0.1, 0.15) is 26.9 Å². The van der Waals surface area contributed by atoms with Crippen molar-refractivity contribution in [1.82, 2.24) is 0 Å². The van der Waals surface area contributed by atoms with E-state index < -0.39 is 21.2 Å². The topological polar surface area (TPSA) is 60.4 Å². The molecule has 0 spiro atoms. The highest BCUT2D eigenvalue weighted by Gasteiger charge is 2.40. The van der Waals surface area contributed by atoms with Gasteiger partial charge in [0.2, 0.25) is 15.3 Å². The van der Waals surface area contributed by atoms with E-state index in [0.29, 0.717) is 11.1 Å². The summed E-state index contributed by atoms with van der Waals surface area (Å²) < 4.78 is 30.2. The van der Waals surface area contributed by atoms with Gasteiger partial charge in [-0.15, -0.1) is 0 Å². The number of esters is 1. The van der Waals surface area contributed by atoms with E-state index in [1.54, 1.807) is 36.4 Å². The standard InChI is InChI=1S/C15H12O4S/c1-10-6-8-11(9-7-10)20(17,18)15-13-5-3-2-4-12(13)14(16)19-15/h2-9,15H,1H3. The fourth-order valence-corrected chi connectivity index (χ4v) is 3.71. The Labute approximate surface area is 116 Å². The number of hydrogen-bond acceptors (Lipinski definition) is 4. The van der Waals surface area contributed by atoms with Gasteiger partial charge in [0, 0.05) is 5.56 Å². The van der Waals surface area contributed by atoms with Crippen LogP contribution >= 0.6 is 0 Å². The fraction of sp³-hybridized carbons (Fsp3) is 0.133. The molecule has 0 aliphatic carbocycles. The number of aryl methyl sites for hydroxylation is 1. The largest absolute Gasteiger partial charge is 0.437 e. The van der Waals surface area contributed by atoms with Crippen LogP contribution in [0.25, 0.3) is 0 Å². The molecular formula is C15H12O4S. The molecule has 5 heteroatoms. The molecule has 0 saturated heterocycles. The van der Waals surface area contributed by atoms with E-state index >= 15 is 0 Å². The van der Waals surface area contributed by atoms with Gasteiger partial charge in [-0.1, -0.05) is 35.9 Å². The Balaban J connectivity index is 2.10. The minimum atomic E-state index is -3.74. The van der Waals surface area contributed by atoms with Gasteiger partial charge in [0.05, 0.1) is 10.5 Å². The highest BCUT2D eigenvalue weighted by molar-refractivity contribution is 7.91. The zero-order valence-corrected chi connectivity index (χ0v) is 11.6. The van der Waals surface area contributed by atoms with Gasteiger partial charge < -0.3 is 4.74 Å². The number of rotatable bonds is 2. The Hall–Kier alpha value is -2.14. The maximum absolute atomic E-state index is 12.6. The molecule has 3 rings (SSSR count). The molecule has 1 aliphatic rings. The maximum atomic E-state index is 12.6. The average molecular weight is 288 g/mol. The Kier molecular flexibility index (Phi) is 2.87. The minimum absolute atomic E-state index is 0.151. The summed E-state index contributed by atoms with van der Waals surface area (Å²) in [5.74, 6) is -0.596. The molecule has 2 aromatic rings. The van der Waals surface area contributed by atoms with Crippen LogP contribution in [0, 0.1) is 6.92 Å². The highest BCUT2D eigenvalue weighted by Crippen LogP contribution is 2.37. The Morgan fingerprint density at radius 3 is 2.35 bits per heavy atom. The van der Waals surface area contributed by atoms with Crippen molar-refractivity contribution in [2.24, 2.45) is 0 Å². The SMILES string of the molecule is Cc1ccc(S(=O)(=O)C2OC(=O)c3ccccc32)cc1. The molecule has 1 atom stereocenters. The monoisotopic (exact) mass is 288 g/mol. The summed E-state index contributed by atoms with van der Waals surface area (Å²) in [7, 11) is -3.74. The number of hydrogen-bond donors (Lipinski definition) is 0. The molecule has 0 aromatic heterocycles. The van der Waals surface area contributed by atoms with Crippen molar-refractivity contribution in [3.63, 3.8) is 0 Å². The highest BCUT2D eigenvalue weighted by atomic mass is 32.2. The molecule has 0 amide bonds. The summed E-state index contributed by atoms with van der Waals surface area (Å²) in [4.78, 5) is 11.9. The molecule has 0 radical (unpaired) electrons. The van der Waals surface area contributed by atoms with Gasteiger partial charge in [0.1, 0.15) is 0 Å². The first-order valence-corrected chi connectivity index (χ1v) is 7.65. The molecule has 20 heavy (non-hydrogen) atoms. The van der Waals surface area contributed by atoms with E-state index in [0.717, 1.165) is 5.56 Å². The summed E-state index contributed by atoms with van der Waals surface area (Å²) in [6.45, 7) is 1.88. The van der Waals surface area contributed by atoms with Crippen molar-refractivity contribution in [2.75, 3.05) is 0 Å². The minimum Gasteiger partial charge on any atom is -0.437 e. The number of fused-ring (bicyclic) bond motifs is 1. The summed E-state index contributed by atoms with van der Waals surface area (Å²) >= 11 is 0. The molecule has 1 unspecified atom stereocenters. The summed E-state index contributed by atoms with van der Waals surface area (Å²) in [6, 6.07) is 13.0. The number of carbonyl (C=O) groups is 1. The molecule has 102 valence electrons. The van der Waals surface area contributed by atoms with Crippen molar-refractivity contribution in [3.8, 4) is 0 Å². The lowest BCUT2D eigenvalue weighted by Gasteiger charge is -2.12. The summed E-state index contributed by atoms with van der Waals surface area (Å²) in [5, 5.41) is 0. The van der Waals surface area contributed by atoms with Crippen LogP contribution in [0.2, 0.25) is 0 Å². The van der Waals surface area contributed by atoms with Crippen LogP contribution in [-0.4, -0.2) is 14.4 Å². The van der Waals surface area contributed by atoms with Gasteiger partial charge in [-0.2, -0.15) is 0 Å². The quantitative estimate of drug-likeness (QED) is 0.797. The van der Waals surface area contributed by atoms with Crippen LogP contribution in [-0.2, 0) is 14.6 Å². The molecule has 1 heterocycles. The summed E-state index contributed by atoms with van der Waals surface area (Å²) in [5.41, 5.74) is 0.424. The predicted molar refractivity (Wildman–Crippen MR) is 73.0 cm³/mol. The van der Waals surface area contributed by atoms with E-state index in [1.165, 1.54) is 12.1 Å². The molecule has 1 aliphatic heterocycles. The second kappa shape index (κ2) is 4.45. The van der Waals surface area contributed by atoms with E-state index in [9.17, 15) is 13.2 Å². The number of carbonyl (C=O) groups excluding carboxylic acids is 1. The lowest BCUT2D eigenvalue weighted by molar-refractivity contribution is 0.0508. The van der Waals surface area contributed by atoms with Gasteiger partial charge in [-0.3, -0.25) is 0 Å². The first-order chi connectivity index (χ1) is 9.50. The lowest BCUT2D eigenvalue weighted by atomic mass is 10.1. The molecular weight excluding hydrogens is 276 g/mol. The van der Waals surface area contributed by atoms with Gasteiger partial charge >= 0.3 is 5.97 Å². The molecule has 0 saturated carbocycles. The summed E-state index contributed by atoms with van der Waals surface area (Å²) in [6.07, 6.45) is 0. The zero-order chi connectivity index (χ0) is 14.3. The third kappa shape index (κ3) is 1.91. The smallest absolute Gasteiger partial charge is 0.340 e. The van der Waals surface area contributed by atoms with Crippen LogP contribution in [0.4, 0.5) is 0 Å². The van der Waals surface area contributed by atoms with Crippen LogP contribution < -0.4 is 0 Å². The van der Waals surface area contributed by atoms with E-state index in [4.69, 9.17) is 4.74 Å². The third-order valence-corrected chi connectivity index (χ3v) is 5.12. The third-order valence-electron chi connectivity index (χ3n) is 3.28. The van der Waals surface area contributed by atoms with Crippen molar-refractivity contribution in [1.29, 1.82) is 0 Å². The van der Waals surface area contributed by atoms with Gasteiger partial charge in [0.25, 0.3) is 0 Å².